The van der Waals surface area contributed by atoms with Crippen LogP contribution >= 0.6 is 23.2 Å². The predicted molar refractivity (Wildman–Crippen MR) is 119 cm³/mol. The van der Waals surface area contributed by atoms with Crippen molar-refractivity contribution in [2.45, 2.75) is 12.5 Å². The maximum absolute atomic E-state index is 12.7. The SMILES string of the molecule is COc1cccc2cnc(N3CC4CC(C3)C4NC(=O)c3cc(Cl)cc(Cl)c3O)nc12. The number of carbonyl (C=O) groups excluding carboxylic acids is 1. The van der Waals surface area contributed by atoms with E-state index in [9.17, 15) is 9.90 Å². The van der Waals surface area contributed by atoms with Gasteiger partial charge in [0.15, 0.2) is 0 Å². The largest absolute Gasteiger partial charge is 0.506 e. The highest BCUT2D eigenvalue weighted by atomic mass is 35.5. The molecule has 9 heteroatoms. The number of halogens is 2. The standard InChI is InChI=1S/C22H20Cl2N4O3/c1-31-17-4-2-3-11-8-25-22(27-19(11)17)28-9-12-5-13(10-28)18(12)26-21(30)15-6-14(23)7-16(24)20(15)29/h2-4,6-8,12-13,18,29H,5,9-10H2,1H3,(H,26,30). The monoisotopic (exact) mass is 458 g/mol. The molecule has 1 amide bonds. The lowest BCUT2D eigenvalue weighted by molar-refractivity contribution is 0.0636. The van der Waals surface area contributed by atoms with Crippen LogP contribution in [-0.2, 0) is 0 Å². The molecular weight excluding hydrogens is 439 g/mol. The molecule has 2 N–H and O–H groups in total. The number of amides is 1. The molecule has 2 aromatic carbocycles. The fraction of sp³-hybridized carbons (Fsp3) is 0.318. The Hall–Kier alpha value is -2.77. The van der Waals surface area contributed by atoms with Gasteiger partial charge in [0, 0.05) is 35.7 Å². The summed E-state index contributed by atoms with van der Waals surface area (Å²) in [5, 5.41) is 14.5. The van der Waals surface area contributed by atoms with Crippen LogP contribution in [0.4, 0.5) is 5.95 Å². The van der Waals surface area contributed by atoms with E-state index in [1.807, 2.05) is 24.4 Å². The number of para-hydroxylation sites is 1. The molecule has 7 nitrogen and oxygen atoms in total. The van der Waals surface area contributed by atoms with E-state index in [4.69, 9.17) is 32.9 Å². The molecule has 3 aromatic rings. The molecule has 3 fully saturated rings. The minimum absolute atomic E-state index is 0.0240. The third-order valence-corrected chi connectivity index (χ3v) is 6.67. The lowest BCUT2D eigenvalue weighted by atomic mass is 9.66. The molecule has 0 spiro atoms. The first-order chi connectivity index (χ1) is 14.9. The molecule has 2 atom stereocenters. The number of benzene rings is 2. The molecule has 160 valence electrons. The van der Waals surface area contributed by atoms with E-state index < -0.39 is 0 Å². The Bertz CT molecular complexity index is 1180. The van der Waals surface area contributed by atoms with Crippen molar-refractivity contribution in [3.63, 3.8) is 0 Å². The lowest BCUT2D eigenvalue weighted by Gasteiger charge is -2.53. The summed E-state index contributed by atoms with van der Waals surface area (Å²) in [5.41, 5.74) is 0.872. The fourth-order valence-electron chi connectivity index (χ4n) is 4.59. The van der Waals surface area contributed by atoms with Crippen LogP contribution in [0.1, 0.15) is 16.8 Å². The Labute approximate surface area is 189 Å². The molecule has 3 aliphatic rings. The number of piperidine rings is 2. The van der Waals surface area contributed by atoms with E-state index in [-0.39, 0.29) is 40.1 Å². The van der Waals surface area contributed by atoms with Crippen LogP contribution in [0.5, 0.6) is 11.5 Å². The number of nitrogens with zero attached hydrogens (tertiary/aromatic N) is 3. The molecule has 0 radical (unpaired) electrons. The van der Waals surface area contributed by atoms with Crippen molar-refractivity contribution in [1.29, 1.82) is 0 Å². The van der Waals surface area contributed by atoms with Crippen molar-refractivity contribution in [2.24, 2.45) is 11.8 Å². The minimum atomic E-state index is -0.373. The number of rotatable bonds is 4. The number of phenolic OH excluding ortho intramolecular Hbond substituents is 1. The molecule has 6 rings (SSSR count). The van der Waals surface area contributed by atoms with Gasteiger partial charge in [0.25, 0.3) is 5.91 Å². The van der Waals surface area contributed by atoms with Gasteiger partial charge in [0.05, 0.1) is 17.7 Å². The fourth-order valence-corrected chi connectivity index (χ4v) is 5.08. The molecule has 1 aromatic heterocycles. The summed E-state index contributed by atoms with van der Waals surface area (Å²) in [7, 11) is 1.63. The Morgan fingerprint density at radius 2 is 2.03 bits per heavy atom. The number of carbonyl (C=O) groups is 1. The number of nitrogens with one attached hydrogen (secondary N) is 1. The number of anilines is 1. The summed E-state index contributed by atoms with van der Waals surface area (Å²) < 4.78 is 5.43. The average Bonchev–Trinajstić information content (AvgIpc) is 2.78. The Balaban J connectivity index is 1.31. The van der Waals surface area contributed by atoms with Gasteiger partial charge in [-0.1, -0.05) is 35.3 Å². The van der Waals surface area contributed by atoms with E-state index >= 15 is 0 Å². The number of aromatic hydroxyl groups is 1. The molecular formula is C22H20Cl2N4O3. The van der Waals surface area contributed by atoms with Gasteiger partial charge >= 0.3 is 0 Å². The molecule has 3 heterocycles. The van der Waals surface area contributed by atoms with Crippen molar-refractivity contribution in [2.75, 3.05) is 25.1 Å². The third kappa shape index (κ3) is 3.51. The van der Waals surface area contributed by atoms with Crippen LogP contribution in [0.15, 0.2) is 36.5 Å². The Morgan fingerprint density at radius 3 is 2.77 bits per heavy atom. The van der Waals surface area contributed by atoms with Crippen LogP contribution < -0.4 is 15.0 Å². The van der Waals surface area contributed by atoms with Gasteiger partial charge in [0.1, 0.15) is 17.0 Å². The normalized spacial score (nSPS) is 22.2. The van der Waals surface area contributed by atoms with Crippen LogP contribution in [0.2, 0.25) is 10.0 Å². The summed E-state index contributed by atoms with van der Waals surface area (Å²) in [4.78, 5) is 24.2. The van der Waals surface area contributed by atoms with Gasteiger partial charge in [-0.15, -0.1) is 0 Å². The molecule has 2 bridgehead atoms. The first-order valence-electron chi connectivity index (χ1n) is 9.98. The van der Waals surface area contributed by atoms with E-state index in [1.165, 1.54) is 12.1 Å². The third-order valence-electron chi connectivity index (χ3n) is 6.17. The van der Waals surface area contributed by atoms with Crippen molar-refractivity contribution in [3.8, 4) is 11.5 Å². The average molecular weight is 459 g/mol. The maximum Gasteiger partial charge on any atom is 0.255 e. The summed E-state index contributed by atoms with van der Waals surface area (Å²) >= 11 is 11.9. The zero-order chi connectivity index (χ0) is 21.7. The van der Waals surface area contributed by atoms with Crippen LogP contribution in [-0.4, -0.2) is 47.2 Å². The summed E-state index contributed by atoms with van der Waals surface area (Å²) in [6, 6.07) is 8.61. The van der Waals surface area contributed by atoms with Gasteiger partial charge in [-0.3, -0.25) is 4.79 Å². The number of ether oxygens (including phenoxy) is 1. The lowest BCUT2D eigenvalue weighted by Crippen LogP contribution is -2.64. The number of fused-ring (bicyclic) bond motifs is 3. The zero-order valence-corrected chi connectivity index (χ0v) is 18.2. The predicted octanol–water partition coefficient (Wildman–Crippen LogP) is 3.91. The first kappa shape index (κ1) is 20.2. The van der Waals surface area contributed by atoms with Crippen LogP contribution in [0.3, 0.4) is 0 Å². The summed E-state index contributed by atoms with van der Waals surface area (Å²) in [6.07, 6.45) is 2.84. The van der Waals surface area contributed by atoms with E-state index in [2.05, 4.69) is 15.2 Å². The number of phenols is 1. The van der Waals surface area contributed by atoms with Crippen molar-refractivity contribution in [3.05, 3.63) is 52.1 Å². The number of hydrogen-bond donors (Lipinski definition) is 2. The van der Waals surface area contributed by atoms with Gasteiger partial charge in [-0.25, -0.2) is 9.97 Å². The second kappa shape index (κ2) is 7.73. The van der Waals surface area contributed by atoms with Crippen molar-refractivity contribution in [1.82, 2.24) is 15.3 Å². The molecule has 1 aliphatic carbocycles. The number of aromatic nitrogens is 2. The Morgan fingerprint density at radius 1 is 1.26 bits per heavy atom. The van der Waals surface area contributed by atoms with Crippen LogP contribution in [0.25, 0.3) is 10.9 Å². The minimum Gasteiger partial charge on any atom is -0.506 e. The first-order valence-corrected chi connectivity index (χ1v) is 10.7. The van der Waals surface area contributed by atoms with Crippen LogP contribution in [0, 0.1) is 11.8 Å². The molecule has 2 unspecified atom stereocenters. The summed E-state index contributed by atoms with van der Waals surface area (Å²) in [5.74, 6) is 1.30. The van der Waals surface area contributed by atoms with Gasteiger partial charge in [-0.2, -0.15) is 0 Å². The van der Waals surface area contributed by atoms with E-state index in [0.29, 0.717) is 16.7 Å². The highest BCUT2D eigenvalue weighted by molar-refractivity contribution is 6.36. The quantitative estimate of drug-likeness (QED) is 0.616. The topological polar surface area (TPSA) is 87.6 Å². The smallest absolute Gasteiger partial charge is 0.255 e. The molecule has 2 saturated heterocycles. The number of methoxy groups -OCH3 is 1. The molecule has 1 saturated carbocycles. The van der Waals surface area contributed by atoms with Gasteiger partial charge in [-0.05, 0) is 36.5 Å². The highest BCUT2D eigenvalue weighted by Gasteiger charge is 2.48. The van der Waals surface area contributed by atoms with Crippen molar-refractivity contribution < 1.29 is 14.6 Å². The second-order valence-corrected chi connectivity index (χ2v) is 8.86. The maximum atomic E-state index is 12.7. The second-order valence-electron chi connectivity index (χ2n) is 8.01. The highest BCUT2D eigenvalue weighted by Crippen LogP contribution is 2.42. The molecule has 2 aliphatic heterocycles. The zero-order valence-electron chi connectivity index (χ0n) is 16.7. The van der Waals surface area contributed by atoms with Gasteiger partial charge in [0.2, 0.25) is 5.95 Å². The summed E-state index contributed by atoms with van der Waals surface area (Å²) in [6.45, 7) is 1.48. The molecule has 31 heavy (non-hydrogen) atoms. The van der Waals surface area contributed by atoms with E-state index in [1.54, 1.807) is 7.11 Å². The number of hydrogen-bond acceptors (Lipinski definition) is 6. The van der Waals surface area contributed by atoms with Crippen molar-refractivity contribution >= 4 is 46.0 Å². The van der Waals surface area contributed by atoms with Gasteiger partial charge < -0.3 is 20.1 Å². The Kier molecular flexibility index (Phi) is 5.02. The van der Waals surface area contributed by atoms with E-state index in [0.717, 1.165) is 30.4 Å².